The van der Waals surface area contributed by atoms with E-state index in [0.717, 1.165) is 0 Å². The SMILES string of the molecule is COc1cc([N+](=O)[O-])c(C(=O)Nc2nc(-c3cc(Cl)ccc3Cl)cs2)cc1SC. The summed E-state index contributed by atoms with van der Waals surface area (Å²) in [7, 11) is 1.41. The quantitative estimate of drug-likeness (QED) is 0.270. The fraction of sp³-hybridized carbons (Fsp3) is 0.111. The molecule has 150 valence electrons. The molecular formula is C18H13Cl2N3O4S2. The summed E-state index contributed by atoms with van der Waals surface area (Å²) in [5, 5.41) is 17.0. The first-order valence-corrected chi connectivity index (χ1v) is 10.8. The number of nitro groups is 1. The number of rotatable bonds is 6. The van der Waals surface area contributed by atoms with Crippen LogP contribution in [0.1, 0.15) is 10.4 Å². The van der Waals surface area contributed by atoms with Crippen LogP contribution in [0.5, 0.6) is 5.75 Å². The Morgan fingerprint density at radius 1 is 1.31 bits per heavy atom. The van der Waals surface area contributed by atoms with Crippen molar-refractivity contribution >= 4 is 63.0 Å². The van der Waals surface area contributed by atoms with Crippen LogP contribution in [-0.2, 0) is 0 Å². The summed E-state index contributed by atoms with van der Waals surface area (Å²) in [6, 6.07) is 7.65. The number of anilines is 1. The number of benzene rings is 2. The predicted octanol–water partition coefficient (Wildman–Crippen LogP) is 6.01. The Morgan fingerprint density at radius 3 is 2.72 bits per heavy atom. The highest BCUT2D eigenvalue weighted by Gasteiger charge is 2.24. The fourth-order valence-electron chi connectivity index (χ4n) is 2.51. The zero-order valence-electron chi connectivity index (χ0n) is 15.1. The topological polar surface area (TPSA) is 94.4 Å². The summed E-state index contributed by atoms with van der Waals surface area (Å²) in [4.78, 5) is 28.5. The van der Waals surface area contributed by atoms with Crippen LogP contribution in [0.3, 0.4) is 0 Å². The van der Waals surface area contributed by atoms with Gasteiger partial charge in [0.15, 0.2) is 5.13 Å². The number of amides is 1. The maximum atomic E-state index is 12.7. The third kappa shape index (κ3) is 4.64. The van der Waals surface area contributed by atoms with Crippen molar-refractivity contribution in [3.63, 3.8) is 0 Å². The van der Waals surface area contributed by atoms with E-state index in [1.807, 2.05) is 0 Å². The Hall–Kier alpha value is -2.33. The smallest absolute Gasteiger partial charge is 0.285 e. The first kappa shape index (κ1) is 21.4. The highest BCUT2D eigenvalue weighted by Crippen LogP contribution is 2.36. The number of nitrogens with zero attached hydrogens (tertiary/aromatic N) is 2. The molecule has 11 heteroatoms. The molecule has 7 nitrogen and oxygen atoms in total. The molecule has 3 rings (SSSR count). The number of halogens is 2. The monoisotopic (exact) mass is 469 g/mol. The van der Waals surface area contributed by atoms with Crippen LogP contribution in [0.15, 0.2) is 40.6 Å². The third-order valence-electron chi connectivity index (χ3n) is 3.87. The van der Waals surface area contributed by atoms with Gasteiger partial charge >= 0.3 is 0 Å². The summed E-state index contributed by atoms with van der Waals surface area (Å²) in [5.74, 6) is -0.319. The summed E-state index contributed by atoms with van der Waals surface area (Å²) >= 11 is 14.7. The number of carbonyl (C=O) groups is 1. The molecule has 0 aliphatic heterocycles. The largest absolute Gasteiger partial charge is 0.495 e. The highest BCUT2D eigenvalue weighted by molar-refractivity contribution is 7.98. The van der Waals surface area contributed by atoms with E-state index in [9.17, 15) is 14.9 Å². The predicted molar refractivity (Wildman–Crippen MR) is 117 cm³/mol. The molecule has 0 saturated carbocycles. The van der Waals surface area contributed by atoms with Crippen LogP contribution in [0, 0.1) is 10.1 Å². The van der Waals surface area contributed by atoms with E-state index in [0.29, 0.717) is 31.9 Å². The summed E-state index contributed by atoms with van der Waals surface area (Å²) in [5.41, 5.74) is 0.715. The molecule has 1 heterocycles. The number of ether oxygens (including phenoxy) is 1. The Balaban J connectivity index is 1.92. The van der Waals surface area contributed by atoms with E-state index in [-0.39, 0.29) is 16.4 Å². The Kier molecular flexibility index (Phi) is 6.63. The van der Waals surface area contributed by atoms with Gasteiger partial charge in [0.05, 0.1) is 33.7 Å². The first-order chi connectivity index (χ1) is 13.8. The lowest BCUT2D eigenvalue weighted by atomic mass is 10.1. The lowest BCUT2D eigenvalue weighted by Crippen LogP contribution is -2.14. The van der Waals surface area contributed by atoms with E-state index in [1.54, 1.807) is 29.8 Å². The molecule has 0 aliphatic carbocycles. The molecule has 0 atom stereocenters. The molecule has 1 N–H and O–H groups in total. The molecule has 0 aliphatic rings. The normalized spacial score (nSPS) is 10.6. The third-order valence-corrected chi connectivity index (χ3v) is 5.95. The number of thioether (sulfide) groups is 1. The van der Waals surface area contributed by atoms with Gasteiger partial charge in [-0.3, -0.25) is 20.2 Å². The van der Waals surface area contributed by atoms with E-state index < -0.39 is 10.8 Å². The second-order valence-corrected chi connectivity index (χ2v) is 8.15. The van der Waals surface area contributed by atoms with Crippen LogP contribution >= 0.6 is 46.3 Å². The van der Waals surface area contributed by atoms with E-state index in [1.165, 1.54) is 42.3 Å². The van der Waals surface area contributed by atoms with Crippen molar-refractivity contribution in [3.05, 3.63) is 61.4 Å². The lowest BCUT2D eigenvalue weighted by molar-refractivity contribution is -0.385. The molecule has 0 unspecified atom stereocenters. The molecule has 2 aromatic carbocycles. The molecule has 0 saturated heterocycles. The zero-order valence-corrected chi connectivity index (χ0v) is 18.2. The number of carbonyl (C=O) groups excluding carboxylic acids is 1. The summed E-state index contributed by atoms with van der Waals surface area (Å²) < 4.78 is 5.16. The minimum absolute atomic E-state index is 0.0855. The molecule has 0 fully saturated rings. The van der Waals surface area contributed by atoms with Gasteiger partial charge in [-0.1, -0.05) is 23.2 Å². The fourth-order valence-corrected chi connectivity index (χ4v) is 4.19. The number of methoxy groups -OCH3 is 1. The van der Waals surface area contributed by atoms with E-state index in [2.05, 4.69) is 10.3 Å². The molecule has 0 radical (unpaired) electrons. The van der Waals surface area contributed by atoms with Crippen molar-refractivity contribution in [3.8, 4) is 17.0 Å². The van der Waals surface area contributed by atoms with Gasteiger partial charge in [0.25, 0.3) is 11.6 Å². The minimum atomic E-state index is -0.646. The number of nitrogens with one attached hydrogen (secondary N) is 1. The van der Waals surface area contributed by atoms with Gasteiger partial charge in [-0.15, -0.1) is 23.1 Å². The molecule has 0 spiro atoms. The zero-order chi connectivity index (χ0) is 21.1. The standard InChI is InChI=1S/C18H13Cl2N3O4S2/c1-27-15-7-14(23(25)26)11(6-16(15)28-2)17(24)22-18-21-13(8-29-18)10-5-9(19)3-4-12(10)20/h3-8H,1-2H3,(H,21,22,24). The molecule has 29 heavy (non-hydrogen) atoms. The van der Waals surface area contributed by atoms with Gasteiger partial charge in [-0.2, -0.15) is 0 Å². The van der Waals surface area contributed by atoms with Gasteiger partial charge in [0.2, 0.25) is 0 Å². The first-order valence-electron chi connectivity index (χ1n) is 7.96. The molecule has 3 aromatic rings. The summed E-state index contributed by atoms with van der Waals surface area (Å²) in [6.45, 7) is 0. The Morgan fingerprint density at radius 2 is 2.07 bits per heavy atom. The van der Waals surface area contributed by atoms with E-state index in [4.69, 9.17) is 27.9 Å². The molecule has 0 bridgehead atoms. The van der Waals surface area contributed by atoms with Gasteiger partial charge in [0.1, 0.15) is 11.3 Å². The van der Waals surface area contributed by atoms with Crippen LogP contribution < -0.4 is 10.1 Å². The van der Waals surface area contributed by atoms with Gasteiger partial charge < -0.3 is 4.74 Å². The van der Waals surface area contributed by atoms with Gasteiger partial charge in [-0.05, 0) is 30.5 Å². The van der Waals surface area contributed by atoms with Crippen molar-refractivity contribution in [2.75, 3.05) is 18.7 Å². The highest BCUT2D eigenvalue weighted by atomic mass is 35.5. The average molecular weight is 470 g/mol. The molecule has 1 aromatic heterocycles. The van der Waals surface area contributed by atoms with Crippen LogP contribution in [0.25, 0.3) is 11.3 Å². The second-order valence-electron chi connectivity index (χ2n) is 5.60. The maximum Gasteiger partial charge on any atom is 0.285 e. The van der Waals surface area contributed by atoms with Gasteiger partial charge in [0, 0.05) is 16.0 Å². The number of hydrogen-bond acceptors (Lipinski definition) is 7. The van der Waals surface area contributed by atoms with Crippen LogP contribution in [-0.4, -0.2) is 29.2 Å². The molecule has 1 amide bonds. The Labute approximate surface area is 184 Å². The number of hydrogen-bond donors (Lipinski definition) is 1. The number of aromatic nitrogens is 1. The van der Waals surface area contributed by atoms with Crippen LogP contribution in [0.4, 0.5) is 10.8 Å². The second kappa shape index (κ2) is 9.00. The van der Waals surface area contributed by atoms with E-state index >= 15 is 0 Å². The van der Waals surface area contributed by atoms with Crippen molar-refractivity contribution in [1.29, 1.82) is 0 Å². The van der Waals surface area contributed by atoms with Gasteiger partial charge in [-0.25, -0.2) is 4.98 Å². The summed E-state index contributed by atoms with van der Waals surface area (Å²) in [6.07, 6.45) is 1.78. The number of nitro benzene ring substituents is 1. The van der Waals surface area contributed by atoms with Crippen molar-refractivity contribution in [2.24, 2.45) is 0 Å². The minimum Gasteiger partial charge on any atom is -0.495 e. The number of thiazole rings is 1. The molecular weight excluding hydrogens is 457 g/mol. The van der Waals surface area contributed by atoms with Crippen molar-refractivity contribution in [2.45, 2.75) is 4.90 Å². The maximum absolute atomic E-state index is 12.7. The van der Waals surface area contributed by atoms with Crippen molar-refractivity contribution < 1.29 is 14.5 Å². The van der Waals surface area contributed by atoms with Crippen molar-refractivity contribution in [1.82, 2.24) is 4.98 Å². The Bertz CT molecular complexity index is 1100. The van der Waals surface area contributed by atoms with Crippen LogP contribution in [0.2, 0.25) is 10.0 Å². The average Bonchev–Trinajstić information content (AvgIpc) is 3.16. The lowest BCUT2D eigenvalue weighted by Gasteiger charge is -2.09.